The van der Waals surface area contributed by atoms with Crippen molar-refractivity contribution in [3.63, 3.8) is 0 Å². The molecule has 0 amide bonds. The van der Waals surface area contributed by atoms with Crippen LogP contribution in [0.15, 0.2) is 29.9 Å². The van der Waals surface area contributed by atoms with E-state index in [1.54, 1.807) is 12.4 Å². The number of rotatable bonds is 4. The van der Waals surface area contributed by atoms with Crippen molar-refractivity contribution in [2.45, 2.75) is 13.0 Å². The minimum atomic E-state index is 0.226. The van der Waals surface area contributed by atoms with E-state index in [2.05, 4.69) is 16.9 Å². The molecule has 0 radical (unpaired) electrons. The van der Waals surface area contributed by atoms with Crippen LogP contribution in [0.4, 0.5) is 0 Å². The van der Waals surface area contributed by atoms with Crippen molar-refractivity contribution in [1.82, 2.24) is 5.32 Å². The number of hydrogen-bond donors (Lipinski definition) is 1. The number of nitrogens with one attached hydrogen (secondary N) is 1. The average Bonchev–Trinajstić information content (AvgIpc) is 1.99. The van der Waals surface area contributed by atoms with Gasteiger partial charge in [0.2, 0.25) is 0 Å². The van der Waals surface area contributed by atoms with Gasteiger partial charge in [0, 0.05) is 18.5 Å². The van der Waals surface area contributed by atoms with E-state index in [0.29, 0.717) is 0 Å². The summed E-state index contributed by atoms with van der Waals surface area (Å²) in [6.45, 7) is 5.53. The molecule has 0 heterocycles. The maximum absolute atomic E-state index is 3.91. The third-order valence-corrected chi connectivity index (χ3v) is 1.12. The first-order valence-electron chi connectivity index (χ1n) is 3.29. The predicted molar refractivity (Wildman–Crippen MR) is 46.4 cm³/mol. The lowest BCUT2D eigenvalue weighted by Crippen LogP contribution is -2.19. The molecule has 0 saturated carbocycles. The molecule has 0 spiro atoms. The maximum atomic E-state index is 3.91. The first-order valence-corrected chi connectivity index (χ1v) is 3.29. The van der Waals surface area contributed by atoms with Crippen LogP contribution in [0.5, 0.6) is 0 Å². The fourth-order valence-electron chi connectivity index (χ4n) is 0.521. The van der Waals surface area contributed by atoms with Gasteiger partial charge in [-0.05, 0) is 20.0 Å². The minimum Gasteiger partial charge on any atom is -0.310 e. The lowest BCUT2D eigenvalue weighted by atomic mass is 10.3. The van der Waals surface area contributed by atoms with Crippen LogP contribution < -0.4 is 5.32 Å². The van der Waals surface area contributed by atoms with Gasteiger partial charge in [0.15, 0.2) is 0 Å². The van der Waals surface area contributed by atoms with E-state index in [0.717, 1.165) is 0 Å². The molecule has 1 atom stereocenters. The molecule has 2 nitrogen and oxygen atoms in total. The highest BCUT2D eigenvalue weighted by Crippen LogP contribution is 1.85. The molecule has 0 saturated heterocycles. The maximum Gasteiger partial charge on any atom is 0.0448 e. The summed E-state index contributed by atoms with van der Waals surface area (Å²) in [4.78, 5) is 3.91. The first kappa shape index (κ1) is 9.11. The molecule has 0 aromatic rings. The Bertz CT molecular complexity index is 136. The topological polar surface area (TPSA) is 24.4 Å². The normalized spacial score (nSPS) is 14.6. The van der Waals surface area contributed by atoms with Crippen LogP contribution in [-0.2, 0) is 0 Å². The van der Waals surface area contributed by atoms with Crippen molar-refractivity contribution in [3.8, 4) is 0 Å². The lowest BCUT2D eigenvalue weighted by molar-refractivity contribution is 0.791. The summed E-state index contributed by atoms with van der Waals surface area (Å²) in [5, 5.41) is 3.03. The summed E-state index contributed by atoms with van der Waals surface area (Å²) in [7, 11) is 1.88. The molecule has 1 unspecified atom stereocenters. The SMILES string of the molecule is C=CC(/C=C\N=CC)NC. The Kier molecular flexibility index (Phi) is 5.68. The lowest BCUT2D eigenvalue weighted by Gasteiger charge is -2.01. The molecular weight excluding hydrogens is 124 g/mol. The number of likely N-dealkylation sites (N-methyl/N-ethyl adjacent to an activating group) is 1. The summed E-state index contributed by atoms with van der Waals surface area (Å²) >= 11 is 0. The summed E-state index contributed by atoms with van der Waals surface area (Å²) in [6.07, 6.45) is 7.25. The molecule has 10 heavy (non-hydrogen) atoms. The highest BCUT2D eigenvalue weighted by molar-refractivity contribution is 5.54. The van der Waals surface area contributed by atoms with Gasteiger partial charge in [0.05, 0.1) is 0 Å². The zero-order valence-corrected chi connectivity index (χ0v) is 6.54. The molecule has 2 heteroatoms. The van der Waals surface area contributed by atoms with Crippen LogP contribution in [0.1, 0.15) is 6.92 Å². The first-order chi connectivity index (χ1) is 4.85. The number of hydrogen-bond acceptors (Lipinski definition) is 2. The Morgan fingerprint density at radius 1 is 1.60 bits per heavy atom. The predicted octanol–water partition coefficient (Wildman–Crippen LogP) is 1.36. The Morgan fingerprint density at radius 2 is 2.30 bits per heavy atom. The van der Waals surface area contributed by atoms with Gasteiger partial charge in [-0.25, -0.2) is 0 Å². The zero-order chi connectivity index (χ0) is 7.82. The molecule has 0 aromatic heterocycles. The Hall–Kier alpha value is -0.890. The highest BCUT2D eigenvalue weighted by atomic mass is 14.8. The van der Waals surface area contributed by atoms with Gasteiger partial charge >= 0.3 is 0 Å². The van der Waals surface area contributed by atoms with E-state index in [1.807, 2.05) is 26.1 Å². The minimum absolute atomic E-state index is 0.226. The van der Waals surface area contributed by atoms with Gasteiger partial charge in [0.25, 0.3) is 0 Å². The second kappa shape index (κ2) is 6.23. The average molecular weight is 138 g/mol. The van der Waals surface area contributed by atoms with Gasteiger partial charge in [-0.2, -0.15) is 0 Å². The highest BCUT2D eigenvalue weighted by Gasteiger charge is 1.89. The van der Waals surface area contributed by atoms with E-state index in [-0.39, 0.29) is 6.04 Å². The van der Waals surface area contributed by atoms with Crippen molar-refractivity contribution in [2.75, 3.05) is 7.05 Å². The van der Waals surface area contributed by atoms with Gasteiger partial charge in [-0.3, -0.25) is 4.99 Å². The fourth-order valence-corrected chi connectivity index (χ4v) is 0.521. The number of nitrogens with zero attached hydrogens (tertiary/aromatic N) is 1. The smallest absolute Gasteiger partial charge is 0.0448 e. The van der Waals surface area contributed by atoms with Crippen LogP contribution in [0, 0.1) is 0 Å². The molecule has 0 fully saturated rings. The van der Waals surface area contributed by atoms with Crippen LogP contribution in [0.3, 0.4) is 0 Å². The van der Waals surface area contributed by atoms with E-state index < -0.39 is 0 Å². The van der Waals surface area contributed by atoms with Crippen molar-refractivity contribution >= 4 is 6.21 Å². The Balaban J connectivity index is 3.71. The van der Waals surface area contributed by atoms with Gasteiger partial charge in [-0.1, -0.05) is 6.08 Å². The van der Waals surface area contributed by atoms with E-state index in [9.17, 15) is 0 Å². The monoisotopic (exact) mass is 138 g/mol. The summed E-state index contributed by atoms with van der Waals surface area (Å²) < 4.78 is 0. The molecule has 0 aliphatic carbocycles. The van der Waals surface area contributed by atoms with Crippen molar-refractivity contribution in [2.24, 2.45) is 4.99 Å². The summed E-state index contributed by atoms with van der Waals surface area (Å²) in [5.41, 5.74) is 0. The van der Waals surface area contributed by atoms with Crippen molar-refractivity contribution in [1.29, 1.82) is 0 Å². The second-order valence-electron chi connectivity index (χ2n) is 1.80. The molecule has 1 N–H and O–H groups in total. The third kappa shape index (κ3) is 4.04. The summed E-state index contributed by atoms with van der Waals surface area (Å²) in [6, 6.07) is 0.226. The van der Waals surface area contributed by atoms with Gasteiger partial charge < -0.3 is 5.32 Å². The fraction of sp³-hybridized carbons (Fsp3) is 0.375. The van der Waals surface area contributed by atoms with Gasteiger partial charge in [0.1, 0.15) is 0 Å². The molecule has 56 valence electrons. The second-order valence-corrected chi connectivity index (χ2v) is 1.80. The molecule has 0 aromatic carbocycles. The molecule has 0 aliphatic heterocycles. The molecule has 0 aliphatic rings. The van der Waals surface area contributed by atoms with Crippen LogP contribution in [0.2, 0.25) is 0 Å². The van der Waals surface area contributed by atoms with Crippen molar-refractivity contribution < 1.29 is 0 Å². The molecule has 0 rings (SSSR count). The third-order valence-electron chi connectivity index (χ3n) is 1.12. The zero-order valence-electron chi connectivity index (χ0n) is 6.54. The van der Waals surface area contributed by atoms with Gasteiger partial charge in [-0.15, -0.1) is 6.58 Å². The van der Waals surface area contributed by atoms with Crippen LogP contribution >= 0.6 is 0 Å². The quantitative estimate of drug-likeness (QED) is 0.460. The standard InChI is InChI=1S/C8H14N2/c1-4-8(9-3)6-7-10-5-2/h4-9H,1H2,2-3H3/b7-6-,10-5?. The number of aliphatic imine (C=N–C) groups is 1. The van der Waals surface area contributed by atoms with Crippen LogP contribution in [-0.4, -0.2) is 19.3 Å². The molecular formula is C8H14N2. The van der Waals surface area contributed by atoms with E-state index >= 15 is 0 Å². The van der Waals surface area contributed by atoms with E-state index in [4.69, 9.17) is 0 Å². The van der Waals surface area contributed by atoms with Crippen LogP contribution in [0.25, 0.3) is 0 Å². The summed E-state index contributed by atoms with van der Waals surface area (Å²) in [5.74, 6) is 0. The van der Waals surface area contributed by atoms with E-state index in [1.165, 1.54) is 0 Å². The Labute approximate surface area is 62.4 Å². The molecule has 0 bridgehead atoms. The Morgan fingerprint density at radius 3 is 2.70 bits per heavy atom. The van der Waals surface area contributed by atoms with Crippen molar-refractivity contribution in [3.05, 3.63) is 24.9 Å². The largest absolute Gasteiger partial charge is 0.310 e.